The fourth-order valence-corrected chi connectivity index (χ4v) is 1.27. The Balaban J connectivity index is 2.14. The van der Waals surface area contributed by atoms with Crippen LogP contribution in [-0.2, 0) is 13.0 Å². The van der Waals surface area contributed by atoms with Crippen LogP contribution >= 0.6 is 0 Å². The molecule has 5 nitrogen and oxygen atoms in total. The van der Waals surface area contributed by atoms with Crippen molar-refractivity contribution in [3.8, 4) is 5.75 Å². The van der Waals surface area contributed by atoms with Crippen LogP contribution in [0.4, 0.5) is 0 Å². The Morgan fingerprint density at radius 2 is 2.20 bits per heavy atom. The van der Waals surface area contributed by atoms with Crippen LogP contribution in [0.15, 0.2) is 28.8 Å². The lowest BCUT2D eigenvalue weighted by Crippen LogP contribution is -1.89. The number of rotatable bonds is 3. The van der Waals surface area contributed by atoms with Gasteiger partial charge in [0, 0.05) is 0 Å². The van der Waals surface area contributed by atoms with Gasteiger partial charge in [0.05, 0.1) is 6.42 Å². The smallest absolute Gasteiger partial charge is 0.231 e. The van der Waals surface area contributed by atoms with Crippen molar-refractivity contribution in [1.29, 1.82) is 0 Å². The van der Waals surface area contributed by atoms with E-state index in [0.29, 0.717) is 12.3 Å². The summed E-state index contributed by atoms with van der Waals surface area (Å²) in [4.78, 5) is 3.94. The van der Waals surface area contributed by atoms with E-state index in [2.05, 4.69) is 10.1 Å². The average molecular weight is 206 g/mol. The van der Waals surface area contributed by atoms with Crippen molar-refractivity contribution in [3.63, 3.8) is 0 Å². The Kier molecular flexibility index (Phi) is 2.64. The van der Waals surface area contributed by atoms with Gasteiger partial charge in [0.1, 0.15) is 12.4 Å². The van der Waals surface area contributed by atoms with Gasteiger partial charge in [0.25, 0.3) is 0 Å². The number of aromatic hydroxyl groups is 1. The maximum absolute atomic E-state index is 9.24. The van der Waals surface area contributed by atoms with Gasteiger partial charge in [-0.3, -0.25) is 0 Å². The molecule has 0 aliphatic rings. The number of benzene rings is 1. The number of hydrogen-bond acceptors (Lipinski definition) is 5. The van der Waals surface area contributed by atoms with E-state index in [-0.39, 0.29) is 18.2 Å². The highest BCUT2D eigenvalue weighted by molar-refractivity contribution is 5.28. The summed E-state index contributed by atoms with van der Waals surface area (Å²) in [6, 6.07) is 6.82. The third-order valence-electron chi connectivity index (χ3n) is 1.92. The zero-order valence-electron chi connectivity index (χ0n) is 7.92. The van der Waals surface area contributed by atoms with Gasteiger partial charge in [0.2, 0.25) is 5.89 Å². The lowest BCUT2D eigenvalue weighted by molar-refractivity contribution is 0.263. The predicted molar refractivity (Wildman–Crippen MR) is 51.1 cm³/mol. The zero-order valence-corrected chi connectivity index (χ0v) is 7.92. The van der Waals surface area contributed by atoms with Crippen LogP contribution in [0.25, 0.3) is 0 Å². The fraction of sp³-hybridized carbons (Fsp3) is 0.200. The molecule has 0 bridgehead atoms. The van der Waals surface area contributed by atoms with Crippen LogP contribution < -0.4 is 0 Å². The van der Waals surface area contributed by atoms with E-state index in [1.807, 2.05) is 6.07 Å². The molecule has 0 unspecified atom stereocenters. The van der Waals surface area contributed by atoms with Crippen LogP contribution in [0.1, 0.15) is 17.3 Å². The van der Waals surface area contributed by atoms with E-state index in [4.69, 9.17) is 9.63 Å². The first kappa shape index (κ1) is 9.67. The molecule has 5 heteroatoms. The summed E-state index contributed by atoms with van der Waals surface area (Å²) in [5.74, 6) is 0.893. The Morgan fingerprint density at radius 3 is 2.87 bits per heavy atom. The molecule has 0 spiro atoms. The van der Waals surface area contributed by atoms with Crippen molar-refractivity contribution in [1.82, 2.24) is 10.1 Å². The van der Waals surface area contributed by atoms with Crippen molar-refractivity contribution in [3.05, 3.63) is 41.5 Å². The second-order valence-corrected chi connectivity index (χ2v) is 3.11. The minimum Gasteiger partial charge on any atom is -0.508 e. The van der Waals surface area contributed by atoms with Crippen LogP contribution in [0.2, 0.25) is 0 Å². The zero-order chi connectivity index (χ0) is 10.7. The van der Waals surface area contributed by atoms with Gasteiger partial charge in [-0.25, -0.2) is 0 Å². The van der Waals surface area contributed by atoms with E-state index in [1.54, 1.807) is 18.2 Å². The number of hydrogen-bond donors (Lipinski definition) is 2. The van der Waals surface area contributed by atoms with Gasteiger partial charge in [0.15, 0.2) is 5.82 Å². The van der Waals surface area contributed by atoms with Gasteiger partial charge < -0.3 is 14.7 Å². The monoisotopic (exact) mass is 206 g/mol. The molecule has 1 aromatic heterocycles. The summed E-state index contributed by atoms with van der Waals surface area (Å²) in [6.07, 6.45) is 0.446. The molecule has 0 saturated carbocycles. The van der Waals surface area contributed by atoms with Gasteiger partial charge in [-0.15, -0.1) is 0 Å². The number of aliphatic hydroxyl groups excluding tert-OH is 1. The largest absolute Gasteiger partial charge is 0.508 e. The van der Waals surface area contributed by atoms with E-state index in [0.717, 1.165) is 5.56 Å². The number of phenols is 1. The molecule has 0 aliphatic carbocycles. The molecule has 0 fully saturated rings. The highest BCUT2D eigenvalue weighted by Crippen LogP contribution is 2.14. The summed E-state index contributed by atoms with van der Waals surface area (Å²) in [5, 5.41) is 21.5. The van der Waals surface area contributed by atoms with Gasteiger partial charge in [-0.05, 0) is 17.7 Å². The van der Waals surface area contributed by atoms with E-state index < -0.39 is 0 Å². The third kappa shape index (κ3) is 2.32. The Bertz CT molecular complexity index is 453. The molecular weight excluding hydrogens is 196 g/mol. The normalized spacial score (nSPS) is 10.5. The topological polar surface area (TPSA) is 79.4 Å². The molecule has 1 heterocycles. The lowest BCUT2D eigenvalue weighted by Gasteiger charge is -1.96. The molecule has 2 aromatic rings. The molecule has 2 rings (SSSR count). The quantitative estimate of drug-likeness (QED) is 0.778. The Labute approximate surface area is 86.0 Å². The first-order chi connectivity index (χ1) is 7.28. The SMILES string of the molecule is OCc1noc(Cc2cccc(O)c2)n1. The first-order valence-corrected chi connectivity index (χ1v) is 4.48. The lowest BCUT2D eigenvalue weighted by atomic mass is 10.1. The maximum atomic E-state index is 9.24. The van der Waals surface area contributed by atoms with E-state index >= 15 is 0 Å². The molecule has 15 heavy (non-hydrogen) atoms. The van der Waals surface area contributed by atoms with Gasteiger partial charge in [-0.1, -0.05) is 17.3 Å². The molecule has 0 atom stereocenters. The van der Waals surface area contributed by atoms with Crippen molar-refractivity contribution in [2.75, 3.05) is 0 Å². The van der Waals surface area contributed by atoms with E-state index in [9.17, 15) is 5.11 Å². The summed E-state index contributed by atoms with van der Waals surface area (Å²) in [6.45, 7) is -0.233. The standard InChI is InChI=1S/C10H10N2O3/c13-6-9-11-10(15-12-9)5-7-2-1-3-8(14)4-7/h1-4,13-14H,5-6H2. The molecule has 0 saturated heterocycles. The molecular formula is C10H10N2O3. The van der Waals surface area contributed by atoms with Crippen LogP contribution in [0, 0.1) is 0 Å². The van der Waals surface area contributed by atoms with Crippen LogP contribution in [0.5, 0.6) is 5.75 Å². The highest BCUT2D eigenvalue weighted by Gasteiger charge is 2.06. The summed E-state index contributed by atoms with van der Waals surface area (Å²) < 4.78 is 4.90. The first-order valence-electron chi connectivity index (χ1n) is 4.48. The highest BCUT2D eigenvalue weighted by atomic mass is 16.5. The molecule has 2 N–H and O–H groups in total. The minimum atomic E-state index is -0.233. The van der Waals surface area contributed by atoms with Crippen molar-refractivity contribution in [2.24, 2.45) is 0 Å². The maximum Gasteiger partial charge on any atom is 0.231 e. The molecule has 78 valence electrons. The second kappa shape index (κ2) is 4.10. The van der Waals surface area contributed by atoms with Gasteiger partial charge in [-0.2, -0.15) is 4.98 Å². The second-order valence-electron chi connectivity index (χ2n) is 3.11. The van der Waals surface area contributed by atoms with Gasteiger partial charge >= 0.3 is 0 Å². The number of nitrogens with zero attached hydrogens (tertiary/aromatic N) is 2. The molecule has 1 aromatic carbocycles. The summed E-state index contributed by atoms with van der Waals surface area (Å²) >= 11 is 0. The summed E-state index contributed by atoms with van der Waals surface area (Å²) in [5.41, 5.74) is 0.878. The minimum absolute atomic E-state index is 0.203. The van der Waals surface area contributed by atoms with Crippen molar-refractivity contribution >= 4 is 0 Å². The van der Waals surface area contributed by atoms with Crippen LogP contribution in [0.3, 0.4) is 0 Å². The summed E-state index contributed by atoms with van der Waals surface area (Å²) in [7, 11) is 0. The Hall–Kier alpha value is -1.88. The number of aromatic nitrogens is 2. The molecule has 0 amide bonds. The van der Waals surface area contributed by atoms with Crippen molar-refractivity contribution < 1.29 is 14.7 Å². The number of aliphatic hydroxyl groups is 1. The Morgan fingerprint density at radius 1 is 1.33 bits per heavy atom. The number of phenolic OH excluding ortho intramolecular Hbond substituents is 1. The molecule has 0 radical (unpaired) electrons. The molecule has 0 aliphatic heterocycles. The fourth-order valence-electron chi connectivity index (χ4n) is 1.27. The predicted octanol–water partition coefficient (Wildman–Crippen LogP) is 0.858. The van der Waals surface area contributed by atoms with E-state index in [1.165, 1.54) is 0 Å². The average Bonchev–Trinajstić information content (AvgIpc) is 2.65. The third-order valence-corrected chi connectivity index (χ3v) is 1.92. The van der Waals surface area contributed by atoms with Crippen LogP contribution in [-0.4, -0.2) is 20.4 Å². The van der Waals surface area contributed by atoms with Crippen molar-refractivity contribution in [2.45, 2.75) is 13.0 Å².